The van der Waals surface area contributed by atoms with E-state index in [2.05, 4.69) is 42.5 Å². The molecule has 1 aromatic heterocycles. The van der Waals surface area contributed by atoms with E-state index in [1.165, 1.54) is 18.0 Å². The van der Waals surface area contributed by atoms with Crippen molar-refractivity contribution in [3.05, 3.63) is 78.1 Å². The third-order valence-electron chi connectivity index (χ3n) is 5.02. The lowest BCUT2D eigenvalue weighted by Crippen LogP contribution is -2.46. The highest BCUT2D eigenvalue weighted by molar-refractivity contribution is 5.99. The number of aromatic nitrogens is 2. The van der Waals surface area contributed by atoms with Crippen LogP contribution in [-0.2, 0) is 6.54 Å². The van der Waals surface area contributed by atoms with Gasteiger partial charge in [0.25, 0.3) is 0 Å². The number of anilines is 3. The summed E-state index contributed by atoms with van der Waals surface area (Å²) < 4.78 is 26.3. The standard InChI is InChI=1S/C22H22F2N6O/c23-18-7-6-17(12-19(18)24)27-22(31)28-20-13-21(26-15-25-20)30-10-8-29(9-11-30)14-16-4-2-1-3-5-16/h1-7,12-13,15H,8-11,14H2,(H2,25,26,27,28,31). The Bertz CT molecular complexity index is 1040. The normalized spacial score (nSPS) is 14.3. The van der Waals surface area contributed by atoms with E-state index in [1.54, 1.807) is 6.07 Å². The zero-order valence-electron chi connectivity index (χ0n) is 16.8. The minimum Gasteiger partial charge on any atom is -0.354 e. The number of nitrogens with one attached hydrogen (secondary N) is 2. The van der Waals surface area contributed by atoms with E-state index in [-0.39, 0.29) is 5.69 Å². The first-order chi connectivity index (χ1) is 15.1. The lowest BCUT2D eigenvalue weighted by atomic mass is 10.2. The Labute approximate surface area is 178 Å². The molecule has 3 aromatic rings. The van der Waals surface area contributed by atoms with Crippen LogP contribution in [0.1, 0.15) is 5.56 Å². The van der Waals surface area contributed by atoms with Gasteiger partial charge in [-0.2, -0.15) is 0 Å². The second-order valence-electron chi connectivity index (χ2n) is 7.22. The molecule has 0 radical (unpaired) electrons. The van der Waals surface area contributed by atoms with Crippen LogP contribution in [0.25, 0.3) is 0 Å². The van der Waals surface area contributed by atoms with Gasteiger partial charge in [0.1, 0.15) is 18.0 Å². The molecule has 1 saturated heterocycles. The molecule has 7 nitrogen and oxygen atoms in total. The van der Waals surface area contributed by atoms with E-state index in [4.69, 9.17) is 0 Å². The van der Waals surface area contributed by atoms with Gasteiger partial charge in [0, 0.05) is 50.5 Å². The zero-order valence-corrected chi connectivity index (χ0v) is 16.8. The van der Waals surface area contributed by atoms with Crippen LogP contribution < -0.4 is 15.5 Å². The maximum atomic E-state index is 13.3. The molecule has 2 aromatic carbocycles. The van der Waals surface area contributed by atoms with E-state index in [1.807, 2.05) is 18.2 Å². The number of urea groups is 1. The fraction of sp³-hybridized carbons (Fsp3) is 0.227. The van der Waals surface area contributed by atoms with E-state index in [0.717, 1.165) is 50.7 Å². The first kappa shape index (κ1) is 20.7. The number of carbonyl (C=O) groups excluding carboxylic acids is 1. The van der Waals surface area contributed by atoms with Gasteiger partial charge >= 0.3 is 6.03 Å². The van der Waals surface area contributed by atoms with Gasteiger partial charge in [-0.3, -0.25) is 10.2 Å². The summed E-state index contributed by atoms with van der Waals surface area (Å²) >= 11 is 0. The van der Waals surface area contributed by atoms with E-state index in [9.17, 15) is 13.6 Å². The van der Waals surface area contributed by atoms with Crippen molar-refractivity contribution >= 4 is 23.4 Å². The highest BCUT2D eigenvalue weighted by Crippen LogP contribution is 2.18. The number of halogens is 2. The van der Waals surface area contributed by atoms with Crippen molar-refractivity contribution in [2.24, 2.45) is 0 Å². The molecule has 2 heterocycles. The maximum absolute atomic E-state index is 13.3. The molecule has 0 atom stereocenters. The summed E-state index contributed by atoms with van der Waals surface area (Å²) in [5.41, 5.74) is 1.43. The second kappa shape index (κ2) is 9.48. The molecular weight excluding hydrogens is 402 g/mol. The van der Waals surface area contributed by atoms with Gasteiger partial charge in [-0.25, -0.2) is 23.5 Å². The smallest absolute Gasteiger partial charge is 0.324 e. The second-order valence-corrected chi connectivity index (χ2v) is 7.22. The van der Waals surface area contributed by atoms with Crippen molar-refractivity contribution in [3.63, 3.8) is 0 Å². The molecule has 1 aliphatic heterocycles. The summed E-state index contributed by atoms with van der Waals surface area (Å²) in [6.07, 6.45) is 1.39. The minimum absolute atomic E-state index is 0.139. The van der Waals surface area contributed by atoms with E-state index in [0.29, 0.717) is 5.82 Å². The summed E-state index contributed by atoms with van der Waals surface area (Å²) in [5, 5.41) is 5.04. The average molecular weight is 424 g/mol. The predicted octanol–water partition coefficient (Wildman–Crippen LogP) is 3.72. The molecule has 0 aliphatic carbocycles. The van der Waals surface area contributed by atoms with Crippen molar-refractivity contribution in [1.29, 1.82) is 0 Å². The molecule has 1 aliphatic rings. The topological polar surface area (TPSA) is 73.4 Å². The third-order valence-corrected chi connectivity index (χ3v) is 5.02. The Kier molecular flexibility index (Phi) is 6.32. The highest BCUT2D eigenvalue weighted by atomic mass is 19.2. The van der Waals surface area contributed by atoms with Gasteiger partial charge in [-0.05, 0) is 17.7 Å². The molecule has 0 unspecified atom stereocenters. The van der Waals surface area contributed by atoms with E-state index < -0.39 is 17.7 Å². The third kappa shape index (κ3) is 5.52. The Morgan fingerprint density at radius 2 is 1.68 bits per heavy atom. The number of rotatable bonds is 5. The zero-order chi connectivity index (χ0) is 21.6. The molecule has 4 rings (SSSR count). The molecule has 0 saturated carbocycles. The molecule has 31 heavy (non-hydrogen) atoms. The summed E-state index contributed by atoms with van der Waals surface area (Å²) in [5.74, 6) is -0.974. The maximum Gasteiger partial charge on any atom is 0.324 e. The van der Waals surface area contributed by atoms with Crippen molar-refractivity contribution in [3.8, 4) is 0 Å². The van der Waals surface area contributed by atoms with Crippen molar-refractivity contribution < 1.29 is 13.6 Å². The number of hydrogen-bond acceptors (Lipinski definition) is 5. The van der Waals surface area contributed by atoms with Gasteiger partial charge in [0.15, 0.2) is 11.6 Å². The SMILES string of the molecule is O=C(Nc1ccc(F)c(F)c1)Nc1cc(N2CCN(Cc3ccccc3)CC2)ncn1. The largest absolute Gasteiger partial charge is 0.354 e. The molecule has 9 heteroatoms. The Balaban J connectivity index is 1.32. The summed E-state index contributed by atoms with van der Waals surface area (Å²) in [6.45, 7) is 4.33. The van der Waals surface area contributed by atoms with Crippen LogP contribution in [0.2, 0.25) is 0 Å². The summed E-state index contributed by atoms with van der Waals surface area (Å²) in [6, 6.07) is 14.6. The van der Waals surface area contributed by atoms with Gasteiger partial charge in [-0.15, -0.1) is 0 Å². The molecule has 160 valence electrons. The fourth-order valence-corrected chi connectivity index (χ4v) is 3.42. The highest BCUT2D eigenvalue weighted by Gasteiger charge is 2.19. The van der Waals surface area contributed by atoms with Crippen LogP contribution in [0.4, 0.5) is 30.9 Å². The van der Waals surface area contributed by atoms with Crippen molar-refractivity contribution in [2.45, 2.75) is 6.54 Å². The van der Waals surface area contributed by atoms with Gasteiger partial charge < -0.3 is 10.2 Å². The number of piperazine rings is 1. The number of hydrogen-bond donors (Lipinski definition) is 2. The van der Waals surface area contributed by atoms with Crippen LogP contribution >= 0.6 is 0 Å². The van der Waals surface area contributed by atoms with Crippen LogP contribution in [0, 0.1) is 11.6 Å². The lowest BCUT2D eigenvalue weighted by molar-refractivity contribution is 0.249. The fourth-order valence-electron chi connectivity index (χ4n) is 3.42. The molecule has 1 fully saturated rings. The van der Waals surface area contributed by atoms with Crippen LogP contribution in [-0.4, -0.2) is 47.1 Å². The monoisotopic (exact) mass is 424 g/mol. The lowest BCUT2D eigenvalue weighted by Gasteiger charge is -2.35. The van der Waals surface area contributed by atoms with Crippen LogP contribution in [0.15, 0.2) is 60.9 Å². The quantitative estimate of drug-likeness (QED) is 0.653. The number of amides is 2. The Morgan fingerprint density at radius 3 is 2.42 bits per heavy atom. The molecule has 2 amide bonds. The summed E-state index contributed by atoms with van der Waals surface area (Å²) in [4.78, 5) is 25.1. The van der Waals surface area contributed by atoms with Gasteiger partial charge in [0.05, 0.1) is 0 Å². The number of carbonyl (C=O) groups is 1. The predicted molar refractivity (Wildman–Crippen MR) is 115 cm³/mol. The minimum atomic E-state index is -1.03. The Hall–Kier alpha value is -3.59. The molecule has 0 spiro atoms. The van der Waals surface area contributed by atoms with Crippen LogP contribution in [0.5, 0.6) is 0 Å². The van der Waals surface area contributed by atoms with E-state index >= 15 is 0 Å². The van der Waals surface area contributed by atoms with Crippen molar-refractivity contribution in [1.82, 2.24) is 14.9 Å². The first-order valence-electron chi connectivity index (χ1n) is 9.93. The molecular formula is C22H22F2N6O. The number of benzene rings is 2. The van der Waals surface area contributed by atoms with Gasteiger partial charge in [0.2, 0.25) is 0 Å². The molecule has 0 bridgehead atoms. The first-order valence-corrected chi connectivity index (χ1v) is 9.93. The average Bonchev–Trinajstić information content (AvgIpc) is 2.78. The van der Waals surface area contributed by atoms with Crippen LogP contribution in [0.3, 0.4) is 0 Å². The summed E-state index contributed by atoms with van der Waals surface area (Å²) in [7, 11) is 0. The van der Waals surface area contributed by atoms with Crippen molar-refractivity contribution in [2.75, 3.05) is 41.7 Å². The Morgan fingerprint density at radius 1 is 0.903 bits per heavy atom. The molecule has 2 N–H and O–H groups in total. The van der Waals surface area contributed by atoms with Gasteiger partial charge in [-0.1, -0.05) is 30.3 Å². The number of nitrogens with zero attached hydrogens (tertiary/aromatic N) is 4.